The van der Waals surface area contributed by atoms with E-state index >= 15 is 0 Å². The molecule has 0 radical (unpaired) electrons. The van der Waals surface area contributed by atoms with Gasteiger partial charge in [-0.15, -0.1) is 0 Å². The summed E-state index contributed by atoms with van der Waals surface area (Å²) >= 11 is 6.05. The maximum atomic E-state index is 14.0. The summed E-state index contributed by atoms with van der Waals surface area (Å²) in [6.45, 7) is 4.81. The molecule has 2 aromatic carbocycles. The highest BCUT2D eigenvalue weighted by Gasteiger charge is 2.36. The van der Waals surface area contributed by atoms with Crippen LogP contribution in [0.15, 0.2) is 42.5 Å². The number of nitro benzene ring substituents is 1. The lowest BCUT2D eigenvalue weighted by Crippen LogP contribution is -2.53. The van der Waals surface area contributed by atoms with E-state index in [0.29, 0.717) is 51.6 Å². The van der Waals surface area contributed by atoms with Gasteiger partial charge in [-0.05, 0) is 75.4 Å². The molecule has 246 valence electrons. The Kier molecular flexibility index (Phi) is 9.93. The number of likely N-dealkylation sites (tertiary alicyclic amines) is 3. The first-order valence-corrected chi connectivity index (χ1v) is 16.8. The van der Waals surface area contributed by atoms with Gasteiger partial charge >= 0.3 is 6.03 Å². The van der Waals surface area contributed by atoms with Gasteiger partial charge < -0.3 is 30.2 Å². The van der Waals surface area contributed by atoms with Gasteiger partial charge in [-0.25, -0.2) is 4.79 Å². The Hall–Kier alpha value is -3.90. The van der Waals surface area contributed by atoms with Gasteiger partial charge in [0.1, 0.15) is 11.7 Å². The molecule has 46 heavy (non-hydrogen) atoms. The van der Waals surface area contributed by atoms with Crippen LogP contribution in [0.4, 0.5) is 21.9 Å². The molecular formula is C33H42ClN7O5. The summed E-state index contributed by atoms with van der Waals surface area (Å²) in [5, 5.41) is 18.1. The average Bonchev–Trinajstić information content (AvgIpc) is 3.08. The number of rotatable bonds is 8. The molecule has 13 heteroatoms. The van der Waals surface area contributed by atoms with E-state index in [-0.39, 0.29) is 46.7 Å². The molecule has 4 amide bonds. The normalized spacial score (nSPS) is 20.5. The Bertz CT molecular complexity index is 1450. The number of nitro groups is 1. The Balaban J connectivity index is 1.11. The molecule has 12 nitrogen and oxygen atoms in total. The highest BCUT2D eigenvalue weighted by atomic mass is 35.5. The molecule has 4 aliphatic rings. The number of para-hydroxylation sites is 1. The van der Waals surface area contributed by atoms with Crippen molar-refractivity contribution >= 4 is 46.5 Å². The van der Waals surface area contributed by atoms with Gasteiger partial charge in [0.2, 0.25) is 11.8 Å². The third-order valence-corrected chi connectivity index (χ3v) is 10.2. The number of benzene rings is 2. The van der Waals surface area contributed by atoms with E-state index in [2.05, 4.69) is 15.5 Å². The lowest BCUT2D eigenvalue weighted by molar-refractivity contribution is -0.384. The molecule has 0 aromatic heterocycles. The molecule has 4 heterocycles. The van der Waals surface area contributed by atoms with Crippen LogP contribution < -0.4 is 10.6 Å². The maximum Gasteiger partial charge on any atom is 0.322 e. The van der Waals surface area contributed by atoms with E-state index in [0.717, 1.165) is 37.2 Å². The molecule has 2 N–H and O–H groups in total. The molecular weight excluding hydrogens is 610 g/mol. The second-order valence-corrected chi connectivity index (χ2v) is 13.2. The van der Waals surface area contributed by atoms with Gasteiger partial charge in [-0.3, -0.25) is 19.7 Å². The van der Waals surface area contributed by atoms with Crippen molar-refractivity contribution in [2.24, 2.45) is 0 Å². The summed E-state index contributed by atoms with van der Waals surface area (Å²) in [6, 6.07) is 11.4. The largest absolute Gasteiger partial charge is 0.368 e. The van der Waals surface area contributed by atoms with Gasteiger partial charge in [0.25, 0.3) is 5.69 Å². The summed E-state index contributed by atoms with van der Waals surface area (Å²) in [6.07, 6.45) is 6.55. The molecule has 6 rings (SSSR count). The Labute approximate surface area is 274 Å². The monoisotopic (exact) mass is 651 g/mol. The number of nitrogens with one attached hydrogen (secondary N) is 2. The number of fused-ring (bicyclic) bond motifs is 1. The number of hydrogen-bond acceptors (Lipinski definition) is 7. The predicted molar refractivity (Wildman–Crippen MR) is 176 cm³/mol. The molecule has 0 unspecified atom stereocenters. The fourth-order valence-electron chi connectivity index (χ4n) is 7.37. The standard InChI is InChI=1S/C33H42ClN7O5/c34-24-8-9-28(30(20-24)41(45)46)35-29(32(43)39-18-10-25(11-19-39)37-14-4-1-5-15-37)21-31(42)38-16-12-26(13-17-38)40-22-23-6-2-3-7-27(23)36-33(40)44/h2-3,6-9,20,25-26,29,35H,1,4-5,10-19,21-22H2,(H,36,44)/t29-/m0/s1. The zero-order chi connectivity index (χ0) is 32.2. The number of hydrogen-bond donors (Lipinski definition) is 2. The number of carbonyl (C=O) groups is 3. The lowest BCUT2D eigenvalue weighted by atomic mass is 9.98. The highest BCUT2D eigenvalue weighted by molar-refractivity contribution is 6.31. The van der Waals surface area contributed by atoms with Crippen LogP contribution in [-0.4, -0.2) is 99.8 Å². The number of anilines is 2. The first-order chi connectivity index (χ1) is 22.3. The average molecular weight is 652 g/mol. The number of nitrogens with zero attached hydrogens (tertiary/aromatic N) is 5. The SMILES string of the molecule is O=C(C[C@H](Nc1ccc(Cl)cc1[N+](=O)[O-])C(=O)N1CCC(N2CCCCC2)CC1)N1CCC(N2Cc3ccccc3NC2=O)CC1. The van der Waals surface area contributed by atoms with E-state index in [9.17, 15) is 24.5 Å². The van der Waals surface area contributed by atoms with E-state index in [1.165, 1.54) is 37.5 Å². The Morgan fingerprint density at radius 3 is 2.33 bits per heavy atom. The summed E-state index contributed by atoms with van der Waals surface area (Å²) < 4.78 is 0. The van der Waals surface area contributed by atoms with Crippen molar-refractivity contribution < 1.29 is 19.3 Å². The fourth-order valence-corrected chi connectivity index (χ4v) is 7.54. The van der Waals surface area contributed by atoms with Crippen LogP contribution in [0.2, 0.25) is 5.02 Å². The van der Waals surface area contributed by atoms with Gasteiger partial charge in [0.05, 0.1) is 11.3 Å². The van der Waals surface area contributed by atoms with Crippen LogP contribution in [0.5, 0.6) is 0 Å². The lowest BCUT2D eigenvalue weighted by Gasteiger charge is -2.41. The zero-order valence-corrected chi connectivity index (χ0v) is 26.8. The van der Waals surface area contributed by atoms with Crippen molar-refractivity contribution in [1.82, 2.24) is 19.6 Å². The second kappa shape index (κ2) is 14.3. The third-order valence-electron chi connectivity index (χ3n) is 9.96. The number of carbonyl (C=O) groups excluding carboxylic acids is 3. The van der Waals surface area contributed by atoms with Gasteiger partial charge in [0.15, 0.2) is 0 Å². The summed E-state index contributed by atoms with van der Waals surface area (Å²) in [4.78, 5) is 59.7. The van der Waals surface area contributed by atoms with Crippen LogP contribution in [0.1, 0.15) is 56.9 Å². The van der Waals surface area contributed by atoms with Crippen LogP contribution in [-0.2, 0) is 16.1 Å². The van der Waals surface area contributed by atoms with Crippen LogP contribution in [0.25, 0.3) is 0 Å². The minimum absolute atomic E-state index is 0.00845. The van der Waals surface area contributed by atoms with Crippen molar-refractivity contribution in [2.45, 2.75) is 76.0 Å². The third kappa shape index (κ3) is 7.23. The number of urea groups is 1. The van der Waals surface area contributed by atoms with Crippen molar-refractivity contribution in [3.63, 3.8) is 0 Å². The summed E-state index contributed by atoms with van der Waals surface area (Å²) in [7, 11) is 0. The first kappa shape index (κ1) is 32.1. The minimum Gasteiger partial charge on any atom is -0.368 e. The molecule has 4 aliphatic heterocycles. The molecule has 0 bridgehead atoms. The molecule has 1 atom stereocenters. The molecule has 3 fully saturated rings. The smallest absolute Gasteiger partial charge is 0.322 e. The Morgan fingerprint density at radius 1 is 0.935 bits per heavy atom. The zero-order valence-electron chi connectivity index (χ0n) is 26.0. The molecule has 0 aliphatic carbocycles. The van der Waals surface area contributed by atoms with Gasteiger partial charge in [-0.1, -0.05) is 36.2 Å². The van der Waals surface area contributed by atoms with E-state index in [4.69, 9.17) is 11.6 Å². The number of halogens is 1. The Morgan fingerprint density at radius 2 is 1.61 bits per heavy atom. The number of amides is 4. The van der Waals surface area contributed by atoms with Crippen molar-refractivity contribution in [2.75, 3.05) is 49.9 Å². The van der Waals surface area contributed by atoms with E-state index in [1.54, 1.807) is 9.80 Å². The summed E-state index contributed by atoms with van der Waals surface area (Å²) in [5.41, 5.74) is 1.79. The second-order valence-electron chi connectivity index (χ2n) is 12.8. The molecule has 0 spiro atoms. The number of piperidine rings is 3. The van der Waals surface area contributed by atoms with E-state index in [1.807, 2.05) is 29.2 Å². The summed E-state index contributed by atoms with van der Waals surface area (Å²) in [5.74, 6) is -0.425. The minimum atomic E-state index is -0.971. The van der Waals surface area contributed by atoms with Crippen molar-refractivity contribution in [3.05, 3.63) is 63.2 Å². The van der Waals surface area contributed by atoms with Crippen molar-refractivity contribution in [3.8, 4) is 0 Å². The molecule has 0 saturated carbocycles. The van der Waals surface area contributed by atoms with Crippen LogP contribution >= 0.6 is 11.6 Å². The van der Waals surface area contributed by atoms with Crippen LogP contribution in [0, 0.1) is 10.1 Å². The van der Waals surface area contributed by atoms with Crippen molar-refractivity contribution in [1.29, 1.82) is 0 Å². The van der Waals surface area contributed by atoms with E-state index < -0.39 is 11.0 Å². The van der Waals surface area contributed by atoms with Gasteiger partial charge in [-0.2, -0.15) is 0 Å². The van der Waals surface area contributed by atoms with Crippen LogP contribution in [0.3, 0.4) is 0 Å². The maximum absolute atomic E-state index is 14.0. The van der Waals surface area contributed by atoms with Gasteiger partial charge in [0, 0.05) is 61.6 Å². The molecule has 2 aromatic rings. The fraction of sp³-hybridized carbons (Fsp3) is 0.545. The quantitative estimate of drug-likeness (QED) is 0.306. The molecule has 3 saturated heterocycles. The first-order valence-electron chi connectivity index (χ1n) is 16.4. The predicted octanol–water partition coefficient (Wildman–Crippen LogP) is 4.93. The topological polar surface area (TPSA) is 131 Å². The highest BCUT2D eigenvalue weighted by Crippen LogP contribution is 2.31.